The molecule has 0 aliphatic carbocycles. The summed E-state index contributed by atoms with van der Waals surface area (Å²) in [7, 11) is 1.57. The molecule has 0 aliphatic rings. The van der Waals surface area contributed by atoms with E-state index in [0.29, 0.717) is 22.2 Å². The first kappa shape index (κ1) is 19.6. The molecule has 0 unspecified atom stereocenters. The topological polar surface area (TPSA) is 119 Å². The maximum absolute atomic E-state index is 12.6. The SMILES string of the molecule is Cc1nc2nc(N)nn2c(C)c1CC(=O)N(C)CC(=O)Nc1ccccc1Cl. The highest BCUT2D eigenvalue weighted by molar-refractivity contribution is 6.33. The molecule has 0 bridgehead atoms. The van der Waals surface area contributed by atoms with Crippen molar-refractivity contribution in [2.45, 2.75) is 20.3 Å². The van der Waals surface area contributed by atoms with Crippen molar-refractivity contribution in [3.05, 3.63) is 46.2 Å². The van der Waals surface area contributed by atoms with Gasteiger partial charge in [0.1, 0.15) is 0 Å². The van der Waals surface area contributed by atoms with Crippen LogP contribution in [0.2, 0.25) is 5.02 Å². The first-order valence-electron chi connectivity index (χ1n) is 8.53. The molecule has 0 radical (unpaired) electrons. The normalized spacial score (nSPS) is 10.9. The minimum Gasteiger partial charge on any atom is -0.366 e. The van der Waals surface area contributed by atoms with Crippen molar-refractivity contribution in [2.75, 3.05) is 24.6 Å². The molecule has 2 amide bonds. The molecule has 2 aromatic heterocycles. The van der Waals surface area contributed by atoms with E-state index in [2.05, 4.69) is 20.4 Å². The fourth-order valence-electron chi connectivity index (χ4n) is 2.82. The summed E-state index contributed by atoms with van der Waals surface area (Å²) in [5.41, 5.74) is 8.25. The Labute approximate surface area is 166 Å². The summed E-state index contributed by atoms with van der Waals surface area (Å²) in [5, 5.41) is 7.22. The Morgan fingerprint density at radius 2 is 1.96 bits per heavy atom. The Hall–Kier alpha value is -3.20. The van der Waals surface area contributed by atoms with E-state index in [1.165, 1.54) is 9.42 Å². The predicted molar refractivity (Wildman–Crippen MR) is 106 cm³/mol. The number of carbonyl (C=O) groups is 2. The number of aromatic nitrogens is 4. The lowest BCUT2D eigenvalue weighted by Crippen LogP contribution is -2.36. The highest BCUT2D eigenvalue weighted by Crippen LogP contribution is 2.20. The van der Waals surface area contributed by atoms with Crippen LogP contribution in [0.1, 0.15) is 17.0 Å². The van der Waals surface area contributed by atoms with Crippen LogP contribution >= 0.6 is 11.6 Å². The molecule has 0 saturated carbocycles. The summed E-state index contributed by atoms with van der Waals surface area (Å²) in [4.78, 5) is 34.6. The minimum atomic E-state index is -0.338. The molecule has 0 spiro atoms. The number of anilines is 2. The van der Waals surface area contributed by atoms with Crippen LogP contribution in [0.25, 0.3) is 5.78 Å². The van der Waals surface area contributed by atoms with Crippen LogP contribution in [-0.4, -0.2) is 49.9 Å². The fourth-order valence-corrected chi connectivity index (χ4v) is 3.00. The summed E-state index contributed by atoms with van der Waals surface area (Å²) in [6.07, 6.45) is 0.0796. The molecule has 9 nitrogen and oxygen atoms in total. The summed E-state index contributed by atoms with van der Waals surface area (Å²) >= 11 is 6.03. The van der Waals surface area contributed by atoms with Crippen LogP contribution in [0, 0.1) is 13.8 Å². The molecular weight excluding hydrogens is 382 g/mol. The average Bonchev–Trinajstić information content (AvgIpc) is 3.00. The Morgan fingerprint density at radius 3 is 2.68 bits per heavy atom. The average molecular weight is 402 g/mol. The highest BCUT2D eigenvalue weighted by atomic mass is 35.5. The third-order valence-corrected chi connectivity index (χ3v) is 4.68. The zero-order valence-electron chi connectivity index (χ0n) is 15.7. The molecule has 2 heterocycles. The number of hydrogen-bond acceptors (Lipinski definition) is 6. The third-order valence-electron chi connectivity index (χ3n) is 4.35. The lowest BCUT2D eigenvalue weighted by molar-refractivity contribution is -0.132. The number of nitrogens with one attached hydrogen (secondary N) is 1. The highest BCUT2D eigenvalue weighted by Gasteiger charge is 2.19. The number of halogens is 1. The Kier molecular flexibility index (Phi) is 5.46. The predicted octanol–water partition coefficient (Wildman–Crippen LogP) is 1.62. The minimum absolute atomic E-state index is 0.0796. The number of rotatable bonds is 5. The Bertz CT molecular complexity index is 1060. The maximum Gasteiger partial charge on any atom is 0.254 e. The standard InChI is InChI=1S/C18H20ClN7O2/c1-10-12(11(2)26-18(21-10)23-17(20)24-26)8-16(28)25(3)9-15(27)22-14-7-5-4-6-13(14)19/h4-7H,8-9H2,1-3H3,(H2,20,24)(H,22,27). The van der Waals surface area contributed by atoms with Gasteiger partial charge in [-0.2, -0.15) is 9.50 Å². The van der Waals surface area contributed by atoms with Crippen LogP contribution in [0.3, 0.4) is 0 Å². The van der Waals surface area contributed by atoms with E-state index in [9.17, 15) is 9.59 Å². The number of benzene rings is 1. The van der Waals surface area contributed by atoms with Crippen LogP contribution in [0.5, 0.6) is 0 Å². The molecule has 3 aromatic rings. The molecule has 146 valence electrons. The molecular formula is C18H20ClN7O2. The maximum atomic E-state index is 12.6. The van der Waals surface area contributed by atoms with Gasteiger partial charge in [-0.1, -0.05) is 23.7 Å². The van der Waals surface area contributed by atoms with Crippen molar-refractivity contribution in [1.29, 1.82) is 0 Å². The molecule has 0 fully saturated rings. The first-order chi connectivity index (χ1) is 13.3. The fraction of sp³-hybridized carbons (Fsp3) is 0.278. The van der Waals surface area contributed by atoms with Crippen LogP contribution in [0.15, 0.2) is 24.3 Å². The number of para-hydroxylation sites is 1. The second-order valence-corrected chi connectivity index (χ2v) is 6.80. The van der Waals surface area contributed by atoms with Gasteiger partial charge in [-0.15, -0.1) is 5.10 Å². The second-order valence-electron chi connectivity index (χ2n) is 6.40. The zero-order valence-corrected chi connectivity index (χ0v) is 16.5. The number of aryl methyl sites for hydroxylation is 2. The van der Waals surface area contributed by atoms with Crippen molar-refractivity contribution in [2.24, 2.45) is 0 Å². The van der Waals surface area contributed by atoms with Crippen molar-refractivity contribution in [3.63, 3.8) is 0 Å². The van der Waals surface area contributed by atoms with Crippen molar-refractivity contribution in [1.82, 2.24) is 24.5 Å². The van der Waals surface area contributed by atoms with Gasteiger partial charge in [0.05, 0.1) is 23.7 Å². The van der Waals surface area contributed by atoms with Crippen molar-refractivity contribution in [3.8, 4) is 0 Å². The second kappa shape index (κ2) is 7.81. The lowest BCUT2D eigenvalue weighted by Gasteiger charge is -2.18. The van der Waals surface area contributed by atoms with Crippen LogP contribution < -0.4 is 11.1 Å². The number of carbonyl (C=O) groups excluding carboxylic acids is 2. The van der Waals surface area contributed by atoms with Gasteiger partial charge in [0.25, 0.3) is 5.78 Å². The third kappa shape index (κ3) is 4.04. The molecule has 0 saturated heterocycles. The monoisotopic (exact) mass is 401 g/mol. The van der Waals surface area contributed by atoms with E-state index in [1.54, 1.807) is 38.2 Å². The number of nitrogens with zero attached hydrogens (tertiary/aromatic N) is 5. The van der Waals surface area contributed by atoms with Gasteiger partial charge in [-0.3, -0.25) is 9.59 Å². The van der Waals surface area contributed by atoms with Crippen molar-refractivity contribution >= 4 is 40.8 Å². The summed E-state index contributed by atoms with van der Waals surface area (Å²) < 4.78 is 1.51. The number of hydrogen-bond donors (Lipinski definition) is 2. The first-order valence-corrected chi connectivity index (χ1v) is 8.90. The lowest BCUT2D eigenvalue weighted by atomic mass is 10.1. The van der Waals surface area contributed by atoms with E-state index in [0.717, 1.165) is 11.3 Å². The zero-order chi connectivity index (χ0) is 20.4. The molecule has 3 N–H and O–H groups in total. The summed E-state index contributed by atoms with van der Waals surface area (Å²) in [6.45, 7) is 3.52. The number of nitrogens with two attached hydrogens (primary N) is 1. The van der Waals surface area contributed by atoms with E-state index in [1.807, 2.05) is 6.92 Å². The van der Waals surface area contributed by atoms with Gasteiger partial charge in [0, 0.05) is 24.0 Å². The Balaban J connectivity index is 1.70. The molecule has 10 heteroatoms. The summed E-state index contributed by atoms with van der Waals surface area (Å²) in [5.74, 6) is -0.0622. The summed E-state index contributed by atoms with van der Waals surface area (Å²) in [6, 6.07) is 6.91. The van der Waals surface area contributed by atoms with Crippen molar-refractivity contribution < 1.29 is 9.59 Å². The molecule has 28 heavy (non-hydrogen) atoms. The Morgan fingerprint density at radius 1 is 1.25 bits per heavy atom. The molecule has 0 aliphatic heterocycles. The van der Waals surface area contributed by atoms with E-state index < -0.39 is 0 Å². The van der Waals surface area contributed by atoms with E-state index in [4.69, 9.17) is 17.3 Å². The van der Waals surface area contributed by atoms with Gasteiger partial charge < -0.3 is 16.0 Å². The largest absolute Gasteiger partial charge is 0.366 e. The number of amides is 2. The van der Waals surface area contributed by atoms with E-state index >= 15 is 0 Å². The van der Waals surface area contributed by atoms with Gasteiger partial charge in [0.15, 0.2) is 0 Å². The molecule has 0 atom stereocenters. The number of likely N-dealkylation sites (N-methyl/N-ethyl adjacent to an activating group) is 1. The molecule has 1 aromatic carbocycles. The quantitative estimate of drug-likeness (QED) is 0.670. The van der Waals surface area contributed by atoms with Gasteiger partial charge >= 0.3 is 0 Å². The van der Waals surface area contributed by atoms with Gasteiger partial charge in [-0.25, -0.2) is 4.98 Å². The number of fused-ring (bicyclic) bond motifs is 1. The van der Waals surface area contributed by atoms with Gasteiger partial charge in [-0.05, 0) is 26.0 Å². The van der Waals surface area contributed by atoms with Crippen LogP contribution in [0.4, 0.5) is 11.6 Å². The van der Waals surface area contributed by atoms with Gasteiger partial charge in [0.2, 0.25) is 17.8 Å². The van der Waals surface area contributed by atoms with Crippen LogP contribution in [-0.2, 0) is 16.0 Å². The smallest absolute Gasteiger partial charge is 0.254 e. The van der Waals surface area contributed by atoms with E-state index in [-0.39, 0.29) is 30.7 Å². The molecule has 3 rings (SSSR count). The number of nitrogen functional groups attached to an aromatic ring is 1.